The molecule has 2 aromatic heterocycles. The van der Waals surface area contributed by atoms with Gasteiger partial charge in [-0.3, -0.25) is 9.59 Å². The van der Waals surface area contributed by atoms with Crippen LogP contribution >= 0.6 is 11.3 Å². The normalized spacial score (nSPS) is 16.8. The van der Waals surface area contributed by atoms with E-state index in [1.165, 1.54) is 11.3 Å². The first-order valence-corrected chi connectivity index (χ1v) is 11.9. The van der Waals surface area contributed by atoms with E-state index in [4.69, 9.17) is 0 Å². The number of nitrogens with zero attached hydrogens (tertiary/aromatic N) is 1. The molecule has 0 fully saturated rings. The first kappa shape index (κ1) is 21.6. The third-order valence-corrected chi connectivity index (χ3v) is 7.14. The number of aromatic amines is 1. The van der Waals surface area contributed by atoms with E-state index in [2.05, 4.69) is 27.5 Å². The number of amides is 2. The number of benzene rings is 1. The number of anilines is 1. The van der Waals surface area contributed by atoms with E-state index in [9.17, 15) is 9.59 Å². The molecule has 6 nitrogen and oxygen atoms in total. The molecular formula is C24H30N4O2S. The maximum atomic E-state index is 13.2. The van der Waals surface area contributed by atoms with Crippen LogP contribution < -0.4 is 10.6 Å². The Labute approximate surface area is 186 Å². The van der Waals surface area contributed by atoms with Gasteiger partial charge in [0.05, 0.1) is 5.69 Å². The van der Waals surface area contributed by atoms with Crippen molar-refractivity contribution < 1.29 is 9.59 Å². The van der Waals surface area contributed by atoms with Gasteiger partial charge in [0.25, 0.3) is 0 Å². The van der Waals surface area contributed by atoms with Crippen LogP contribution in [0.2, 0.25) is 0 Å². The molecule has 2 amide bonds. The number of H-pyrrole nitrogens is 1. The lowest BCUT2D eigenvalue weighted by Crippen LogP contribution is -2.46. The van der Waals surface area contributed by atoms with Crippen molar-refractivity contribution in [1.29, 1.82) is 0 Å². The Morgan fingerprint density at radius 3 is 2.84 bits per heavy atom. The monoisotopic (exact) mass is 438 g/mol. The van der Waals surface area contributed by atoms with E-state index >= 15 is 0 Å². The van der Waals surface area contributed by atoms with Gasteiger partial charge in [0.1, 0.15) is 6.04 Å². The number of carbonyl (C=O) groups is 2. The van der Waals surface area contributed by atoms with Crippen molar-refractivity contribution in [2.24, 2.45) is 11.8 Å². The molecule has 31 heavy (non-hydrogen) atoms. The molecule has 164 valence electrons. The highest BCUT2D eigenvalue weighted by molar-refractivity contribution is 7.15. The van der Waals surface area contributed by atoms with Crippen molar-refractivity contribution in [3.63, 3.8) is 0 Å². The van der Waals surface area contributed by atoms with Crippen LogP contribution in [-0.4, -0.2) is 27.8 Å². The number of hydrogen-bond donors (Lipinski definition) is 3. The number of carbonyl (C=O) groups excluding carboxylic acids is 2. The first-order valence-electron chi connectivity index (χ1n) is 11.1. The minimum atomic E-state index is -0.668. The highest BCUT2D eigenvalue weighted by Gasteiger charge is 2.26. The van der Waals surface area contributed by atoms with Gasteiger partial charge in [-0.05, 0) is 36.8 Å². The summed E-state index contributed by atoms with van der Waals surface area (Å²) in [5, 5.41) is 7.61. The van der Waals surface area contributed by atoms with Gasteiger partial charge in [-0.15, -0.1) is 11.3 Å². The van der Waals surface area contributed by atoms with Crippen LogP contribution in [0.5, 0.6) is 0 Å². The molecule has 0 bridgehead atoms. The van der Waals surface area contributed by atoms with Crippen LogP contribution in [0.1, 0.15) is 49.7 Å². The van der Waals surface area contributed by atoms with Crippen molar-refractivity contribution in [2.45, 2.75) is 58.9 Å². The Kier molecular flexibility index (Phi) is 6.41. The van der Waals surface area contributed by atoms with E-state index in [-0.39, 0.29) is 17.7 Å². The summed E-state index contributed by atoms with van der Waals surface area (Å²) in [7, 11) is 0. The fourth-order valence-electron chi connectivity index (χ4n) is 4.11. The molecule has 1 aliphatic rings. The third-order valence-electron chi connectivity index (χ3n) is 6.11. The highest BCUT2D eigenvalue weighted by Crippen LogP contribution is 2.33. The number of fused-ring (bicyclic) bond motifs is 2. The van der Waals surface area contributed by atoms with Crippen LogP contribution in [0.4, 0.5) is 5.13 Å². The maximum Gasteiger partial charge on any atom is 0.249 e. The van der Waals surface area contributed by atoms with Crippen molar-refractivity contribution in [2.75, 3.05) is 5.32 Å². The molecular weight excluding hydrogens is 408 g/mol. The molecule has 2 heterocycles. The second kappa shape index (κ2) is 9.22. The molecule has 1 aliphatic carbocycles. The summed E-state index contributed by atoms with van der Waals surface area (Å²) in [5.41, 5.74) is 3.14. The molecule has 3 N–H and O–H groups in total. The minimum Gasteiger partial charge on any atom is -0.361 e. The molecule has 0 aliphatic heterocycles. The third kappa shape index (κ3) is 4.82. The predicted octanol–water partition coefficient (Wildman–Crippen LogP) is 4.46. The number of nitrogens with one attached hydrogen (secondary N) is 3. The average Bonchev–Trinajstić information content (AvgIpc) is 3.35. The molecule has 2 unspecified atom stereocenters. The quantitative estimate of drug-likeness (QED) is 0.509. The molecule has 7 heteroatoms. The van der Waals surface area contributed by atoms with Gasteiger partial charge in [-0.25, -0.2) is 4.98 Å². The summed E-state index contributed by atoms with van der Waals surface area (Å²) in [6.45, 7) is 5.89. The Morgan fingerprint density at radius 2 is 2.06 bits per heavy atom. The van der Waals surface area contributed by atoms with Crippen molar-refractivity contribution in [3.8, 4) is 0 Å². The van der Waals surface area contributed by atoms with Crippen molar-refractivity contribution >= 4 is 39.2 Å². The maximum absolute atomic E-state index is 13.2. The zero-order chi connectivity index (χ0) is 22.0. The fraction of sp³-hybridized carbons (Fsp3) is 0.458. The van der Waals surface area contributed by atoms with Gasteiger partial charge in [0.2, 0.25) is 11.8 Å². The lowest BCUT2D eigenvalue weighted by molar-refractivity contribution is -0.128. The first-order chi connectivity index (χ1) is 14.9. The van der Waals surface area contributed by atoms with E-state index < -0.39 is 6.04 Å². The Hall–Kier alpha value is -2.67. The highest BCUT2D eigenvalue weighted by atomic mass is 32.1. The molecule has 0 saturated carbocycles. The van der Waals surface area contributed by atoms with Crippen LogP contribution in [0.25, 0.3) is 10.9 Å². The molecule has 0 spiro atoms. The Bertz CT molecular complexity index is 1080. The van der Waals surface area contributed by atoms with Gasteiger partial charge in [0.15, 0.2) is 5.13 Å². The number of thiazole rings is 1. The number of aromatic nitrogens is 2. The fourth-order valence-corrected chi connectivity index (χ4v) is 5.23. The van der Waals surface area contributed by atoms with Crippen LogP contribution in [0, 0.1) is 11.8 Å². The number of para-hydroxylation sites is 1. The van der Waals surface area contributed by atoms with Crippen LogP contribution in [0.15, 0.2) is 30.5 Å². The van der Waals surface area contributed by atoms with E-state index in [0.717, 1.165) is 41.4 Å². The Balaban J connectivity index is 1.53. The smallest absolute Gasteiger partial charge is 0.249 e. The van der Waals surface area contributed by atoms with E-state index in [0.29, 0.717) is 17.5 Å². The van der Waals surface area contributed by atoms with Crippen LogP contribution in [-0.2, 0) is 28.9 Å². The molecule has 0 saturated heterocycles. The van der Waals surface area contributed by atoms with Gasteiger partial charge < -0.3 is 15.6 Å². The largest absolute Gasteiger partial charge is 0.361 e. The van der Waals surface area contributed by atoms with Crippen molar-refractivity contribution in [1.82, 2.24) is 15.3 Å². The van der Waals surface area contributed by atoms with Crippen molar-refractivity contribution in [3.05, 3.63) is 46.6 Å². The average molecular weight is 439 g/mol. The summed E-state index contributed by atoms with van der Waals surface area (Å²) < 4.78 is 0. The zero-order valence-electron chi connectivity index (χ0n) is 18.3. The summed E-state index contributed by atoms with van der Waals surface area (Å²) in [6, 6.07) is 7.31. The molecule has 0 radical (unpaired) electrons. The summed E-state index contributed by atoms with van der Waals surface area (Å²) in [4.78, 5) is 34.8. The van der Waals surface area contributed by atoms with Gasteiger partial charge >= 0.3 is 0 Å². The van der Waals surface area contributed by atoms with E-state index in [1.54, 1.807) is 11.3 Å². The van der Waals surface area contributed by atoms with Gasteiger partial charge in [0, 0.05) is 34.3 Å². The number of rotatable bonds is 7. The topological polar surface area (TPSA) is 86.9 Å². The molecule has 2 atom stereocenters. The molecule has 4 rings (SSSR count). The van der Waals surface area contributed by atoms with Gasteiger partial charge in [-0.1, -0.05) is 45.4 Å². The second-order valence-corrected chi connectivity index (χ2v) is 9.76. The summed E-state index contributed by atoms with van der Waals surface area (Å²) >= 11 is 1.57. The summed E-state index contributed by atoms with van der Waals surface area (Å²) in [5.74, 6) is 0.148. The van der Waals surface area contributed by atoms with Gasteiger partial charge in [-0.2, -0.15) is 0 Å². The van der Waals surface area contributed by atoms with E-state index in [1.807, 2.05) is 44.3 Å². The molecule has 3 aromatic rings. The second-order valence-electron chi connectivity index (χ2n) is 8.67. The zero-order valence-corrected chi connectivity index (χ0v) is 19.1. The standard InChI is InChI=1S/C24H30N4O2S/c1-4-15-9-10-19-21(11-15)31-24(27-19)28-23(30)20(26-22(29)14(2)3)12-16-13-25-18-8-6-5-7-17(16)18/h5-8,13-15,20,25H,4,9-12H2,1-3H3,(H,26,29)(H,27,28,30). The SMILES string of the molecule is CCC1CCc2nc(NC(=O)C(Cc3c[nH]c4ccccc34)NC(=O)C(C)C)sc2C1. The predicted molar refractivity (Wildman–Crippen MR) is 125 cm³/mol. The molecule has 1 aromatic carbocycles. The number of aryl methyl sites for hydroxylation is 1. The minimum absolute atomic E-state index is 0.135. The van der Waals surface area contributed by atoms with Crippen LogP contribution in [0.3, 0.4) is 0 Å². The number of hydrogen-bond acceptors (Lipinski definition) is 4. The lowest BCUT2D eigenvalue weighted by atomic mass is 9.89. The lowest BCUT2D eigenvalue weighted by Gasteiger charge is -2.19. The summed E-state index contributed by atoms with van der Waals surface area (Å²) in [6.07, 6.45) is 6.68. The Morgan fingerprint density at radius 1 is 1.26 bits per heavy atom.